The third-order valence-electron chi connectivity index (χ3n) is 4.13. The molecule has 0 unspecified atom stereocenters. The summed E-state index contributed by atoms with van der Waals surface area (Å²) in [6.07, 6.45) is 1.49. The van der Waals surface area contributed by atoms with Gasteiger partial charge >= 0.3 is 0 Å². The number of halogens is 1. The molecule has 1 saturated heterocycles. The fraction of sp³-hybridized carbons (Fsp3) is 0.625. The topological polar surface area (TPSA) is 43.0 Å². The van der Waals surface area contributed by atoms with E-state index in [-0.39, 0.29) is 11.6 Å². The first-order valence-electron chi connectivity index (χ1n) is 7.87. The molecule has 0 saturated carbocycles. The van der Waals surface area contributed by atoms with Gasteiger partial charge < -0.3 is 24.4 Å². The monoisotopic (exact) mass is 310 g/mol. The zero-order valence-electron chi connectivity index (χ0n) is 13.0. The van der Waals surface area contributed by atoms with Gasteiger partial charge in [-0.05, 0) is 6.42 Å². The average Bonchev–Trinajstić information content (AvgIpc) is 2.78. The molecule has 0 radical (unpaired) electrons. The molecule has 0 aromatic heterocycles. The number of methoxy groups -OCH3 is 1. The van der Waals surface area contributed by atoms with E-state index < -0.39 is 0 Å². The summed E-state index contributed by atoms with van der Waals surface area (Å²) in [5, 5.41) is 3.33. The van der Waals surface area contributed by atoms with Crippen molar-refractivity contribution in [3.05, 3.63) is 17.4 Å². The second-order valence-electron chi connectivity index (χ2n) is 5.59. The first-order valence-corrected chi connectivity index (χ1v) is 7.87. The molecule has 122 valence electrons. The van der Waals surface area contributed by atoms with Crippen LogP contribution in [0, 0.1) is 5.82 Å². The van der Waals surface area contributed by atoms with Gasteiger partial charge in [-0.1, -0.05) is 0 Å². The molecular formula is C16H23FN2O3. The van der Waals surface area contributed by atoms with Crippen LogP contribution in [0.3, 0.4) is 0 Å². The van der Waals surface area contributed by atoms with Crippen molar-refractivity contribution in [1.29, 1.82) is 0 Å². The third kappa shape index (κ3) is 3.28. The van der Waals surface area contributed by atoms with Gasteiger partial charge in [-0.15, -0.1) is 0 Å². The summed E-state index contributed by atoms with van der Waals surface area (Å²) in [4.78, 5) is 2.37. The van der Waals surface area contributed by atoms with Gasteiger partial charge in [-0.3, -0.25) is 0 Å². The molecule has 1 aromatic carbocycles. The Morgan fingerprint density at radius 3 is 2.82 bits per heavy atom. The Hall–Kier alpha value is -1.53. The number of ether oxygens (including phenoxy) is 3. The zero-order chi connectivity index (χ0) is 15.4. The van der Waals surface area contributed by atoms with Crippen molar-refractivity contribution in [2.24, 2.45) is 0 Å². The number of nitrogens with zero attached hydrogens (tertiary/aromatic N) is 1. The summed E-state index contributed by atoms with van der Waals surface area (Å²) in [5.74, 6) is 1.03. The van der Waals surface area contributed by atoms with Crippen molar-refractivity contribution in [3.63, 3.8) is 0 Å². The molecule has 3 rings (SSSR count). The van der Waals surface area contributed by atoms with Crippen LogP contribution >= 0.6 is 0 Å². The quantitative estimate of drug-likeness (QED) is 0.912. The summed E-state index contributed by atoms with van der Waals surface area (Å²) < 4.78 is 31.0. The van der Waals surface area contributed by atoms with Crippen molar-refractivity contribution < 1.29 is 18.6 Å². The highest BCUT2D eigenvalue weighted by Gasteiger charge is 2.23. The number of rotatable bonds is 4. The van der Waals surface area contributed by atoms with Crippen LogP contribution in [0.25, 0.3) is 0 Å². The number of piperazine rings is 1. The van der Waals surface area contributed by atoms with Crippen LogP contribution in [-0.4, -0.2) is 57.9 Å². The van der Waals surface area contributed by atoms with Gasteiger partial charge in [-0.25, -0.2) is 4.39 Å². The number of nitrogens with one attached hydrogen (secondary N) is 1. The predicted molar refractivity (Wildman–Crippen MR) is 81.6 cm³/mol. The summed E-state index contributed by atoms with van der Waals surface area (Å²) in [6.45, 7) is 6.01. The molecule has 0 spiro atoms. The largest absolute Gasteiger partial charge is 0.493 e. The Labute approximate surface area is 130 Å². The Morgan fingerprint density at radius 1 is 1.27 bits per heavy atom. The Morgan fingerprint density at radius 2 is 2.05 bits per heavy atom. The fourth-order valence-corrected chi connectivity index (χ4v) is 2.98. The molecule has 5 nitrogen and oxygen atoms in total. The molecule has 2 heterocycles. The maximum atomic E-state index is 14.3. The van der Waals surface area contributed by atoms with Crippen molar-refractivity contribution in [2.75, 3.05) is 53.0 Å². The van der Waals surface area contributed by atoms with Crippen molar-refractivity contribution in [3.8, 4) is 17.2 Å². The standard InChI is InChI=1S/C16H23FN2O3/c1-20-15-12(3-6-19-7-4-18-5-8-19)16-14(11-13(15)17)21-9-2-10-22-16/h11,18H,2-10H2,1H3. The molecule has 0 amide bonds. The van der Waals surface area contributed by atoms with E-state index in [1.807, 2.05) is 0 Å². The molecule has 1 aromatic rings. The Bertz CT molecular complexity index is 519. The van der Waals surface area contributed by atoms with E-state index in [1.54, 1.807) is 0 Å². The van der Waals surface area contributed by atoms with Gasteiger partial charge in [0.2, 0.25) is 0 Å². The average molecular weight is 310 g/mol. The number of hydrogen-bond acceptors (Lipinski definition) is 5. The van der Waals surface area contributed by atoms with Gasteiger partial charge in [0.25, 0.3) is 0 Å². The van der Waals surface area contributed by atoms with Crippen LogP contribution < -0.4 is 19.5 Å². The van der Waals surface area contributed by atoms with Gasteiger partial charge in [0, 0.05) is 50.8 Å². The molecule has 0 bridgehead atoms. The van der Waals surface area contributed by atoms with Gasteiger partial charge in [0.15, 0.2) is 23.1 Å². The first kappa shape index (κ1) is 15.4. The molecule has 2 aliphatic heterocycles. The van der Waals surface area contributed by atoms with Crippen LogP contribution in [0.15, 0.2) is 6.07 Å². The molecule has 1 N–H and O–H groups in total. The lowest BCUT2D eigenvalue weighted by Crippen LogP contribution is -2.44. The minimum absolute atomic E-state index is 0.277. The third-order valence-corrected chi connectivity index (χ3v) is 4.13. The van der Waals surface area contributed by atoms with Crippen LogP contribution in [0.4, 0.5) is 4.39 Å². The molecule has 6 heteroatoms. The van der Waals surface area contributed by atoms with Crippen LogP contribution in [-0.2, 0) is 6.42 Å². The highest BCUT2D eigenvalue weighted by Crippen LogP contribution is 2.41. The number of benzene rings is 1. The maximum absolute atomic E-state index is 14.3. The summed E-state index contributed by atoms with van der Waals surface area (Å²) in [6, 6.07) is 1.37. The summed E-state index contributed by atoms with van der Waals surface area (Å²) in [5.41, 5.74) is 0.776. The smallest absolute Gasteiger partial charge is 0.169 e. The summed E-state index contributed by atoms with van der Waals surface area (Å²) in [7, 11) is 1.50. The Kier molecular flexibility index (Phi) is 5.00. The molecule has 22 heavy (non-hydrogen) atoms. The molecule has 0 atom stereocenters. The van der Waals surface area contributed by atoms with E-state index in [2.05, 4.69) is 10.2 Å². The van der Waals surface area contributed by atoms with Crippen molar-refractivity contribution >= 4 is 0 Å². The van der Waals surface area contributed by atoms with E-state index in [0.29, 0.717) is 31.1 Å². The number of hydrogen-bond donors (Lipinski definition) is 1. The molecule has 0 aliphatic carbocycles. The lowest BCUT2D eigenvalue weighted by molar-refractivity contribution is 0.240. The van der Waals surface area contributed by atoms with E-state index in [9.17, 15) is 4.39 Å². The van der Waals surface area contributed by atoms with E-state index in [1.165, 1.54) is 13.2 Å². The number of fused-ring (bicyclic) bond motifs is 1. The van der Waals surface area contributed by atoms with E-state index in [4.69, 9.17) is 14.2 Å². The Balaban J connectivity index is 1.84. The molecular weight excluding hydrogens is 287 g/mol. The van der Waals surface area contributed by atoms with Gasteiger partial charge in [-0.2, -0.15) is 0 Å². The van der Waals surface area contributed by atoms with Crippen molar-refractivity contribution in [1.82, 2.24) is 10.2 Å². The lowest BCUT2D eigenvalue weighted by atomic mass is 10.1. The SMILES string of the molecule is COc1c(F)cc2c(c1CCN1CCNCC1)OCCCO2. The summed E-state index contributed by atoms with van der Waals surface area (Å²) >= 11 is 0. The van der Waals surface area contributed by atoms with E-state index in [0.717, 1.165) is 44.7 Å². The second-order valence-corrected chi connectivity index (χ2v) is 5.59. The van der Waals surface area contributed by atoms with Crippen LogP contribution in [0.1, 0.15) is 12.0 Å². The van der Waals surface area contributed by atoms with Crippen molar-refractivity contribution in [2.45, 2.75) is 12.8 Å². The highest BCUT2D eigenvalue weighted by molar-refractivity contribution is 5.55. The molecule has 1 fully saturated rings. The zero-order valence-corrected chi connectivity index (χ0v) is 13.0. The fourth-order valence-electron chi connectivity index (χ4n) is 2.98. The lowest BCUT2D eigenvalue weighted by Gasteiger charge is -2.27. The second kappa shape index (κ2) is 7.15. The van der Waals surface area contributed by atoms with Crippen LogP contribution in [0.2, 0.25) is 0 Å². The van der Waals surface area contributed by atoms with Gasteiger partial charge in [0.05, 0.1) is 20.3 Å². The minimum Gasteiger partial charge on any atom is -0.493 e. The van der Waals surface area contributed by atoms with Crippen LogP contribution in [0.5, 0.6) is 17.2 Å². The predicted octanol–water partition coefficient (Wildman–Crippen LogP) is 1.44. The normalized spacial score (nSPS) is 18.8. The highest BCUT2D eigenvalue weighted by atomic mass is 19.1. The molecule has 2 aliphatic rings. The minimum atomic E-state index is -0.387. The van der Waals surface area contributed by atoms with Gasteiger partial charge in [0.1, 0.15) is 0 Å². The van der Waals surface area contributed by atoms with E-state index >= 15 is 0 Å². The maximum Gasteiger partial charge on any atom is 0.169 e. The first-order chi connectivity index (χ1) is 10.8.